The van der Waals surface area contributed by atoms with Crippen molar-refractivity contribution in [3.05, 3.63) is 65.5 Å². The van der Waals surface area contributed by atoms with Crippen molar-refractivity contribution in [2.75, 3.05) is 19.7 Å². The molecule has 4 heteroatoms. The molecule has 1 fully saturated rings. The zero-order valence-corrected chi connectivity index (χ0v) is 14.2. The Morgan fingerprint density at radius 3 is 2.58 bits per heavy atom. The Kier molecular flexibility index (Phi) is 5.48. The van der Waals surface area contributed by atoms with E-state index in [9.17, 15) is 4.39 Å². The molecule has 0 aliphatic carbocycles. The molecule has 1 aliphatic rings. The summed E-state index contributed by atoms with van der Waals surface area (Å²) in [5.41, 5.74) is 1.86. The van der Waals surface area contributed by atoms with Gasteiger partial charge in [0.25, 0.3) is 0 Å². The lowest BCUT2D eigenvalue weighted by atomic mass is 10.00. The van der Waals surface area contributed by atoms with Gasteiger partial charge in [-0.1, -0.05) is 56.3 Å². The summed E-state index contributed by atoms with van der Waals surface area (Å²) in [5.74, 6) is 0.180. The first-order valence-corrected chi connectivity index (χ1v) is 8.49. The summed E-state index contributed by atoms with van der Waals surface area (Å²) in [6.07, 6.45) is -0.505. The normalized spacial score (nSPS) is 19.2. The Morgan fingerprint density at radius 2 is 1.92 bits per heavy atom. The van der Waals surface area contributed by atoms with Crippen LogP contribution in [0.2, 0.25) is 0 Å². The van der Waals surface area contributed by atoms with Gasteiger partial charge in [0.05, 0.1) is 6.61 Å². The van der Waals surface area contributed by atoms with Gasteiger partial charge in [0.1, 0.15) is 6.10 Å². The zero-order chi connectivity index (χ0) is 16.9. The Bertz CT molecular complexity index is 654. The highest BCUT2D eigenvalue weighted by atomic mass is 19.1. The second-order valence-electron chi connectivity index (χ2n) is 6.38. The highest BCUT2D eigenvalue weighted by molar-refractivity contribution is 5.38. The Labute approximate surface area is 142 Å². The summed E-state index contributed by atoms with van der Waals surface area (Å²) < 4.78 is 26.6. The SMILES string of the molecule is CC(C)c1cccc(F)c1OC(c1ccccc1)C1CNCCO1. The van der Waals surface area contributed by atoms with E-state index in [1.54, 1.807) is 6.07 Å². The fourth-order valence-corrected chi connectivity index (χ4v) is 3.01. The van der Waals surface area contributed by atoms with Crippen molar-refractivity contribution in [3.8, 4) is 5.75 Å². The summed E-state index contributed by atoms with van der Waals surface area (Å²) in [4.78, 5) is 0. The first-order valence-electron chi connectivity index (χ1n) is 8.49. The van der Waals surface area contributed by atoms with E-state index in [-0.39, 0.29) is 23.9 Å². The van der Waals surface area contributed by atoms with Crippen LogP contribution in [0.4, 0.5) is 4.39 Å². The van der Waals surface area contributed by atoms with Crippen molar-refractivity contribution < 1.29 is 13.9 Å². The monoisotopic (exact) mass is 329 g/mol. The second-order valence-corrected chi connectivity index (χ2v) is 6.38. The van der Waals surface area contributed by atoms with E-state index < -0.39 is 0 Å². The molecule has 3 rings (SSSR count). The number of rotatable bonds is 5. The van der Waals surface area contributed by atoms with Crippen LogP contribution < -0.4 is 10.1 Å². The van der Waals surface area contributed by atoms with Crippen LogP contribution >= 0.6 is 0 Å². The highest BCUT2D eigenvalue weighted by Crippen LogP contribution is 2.34. The van der Waals surface area contributed by atoms with Crippen molar-refractivity contribution in [1.29, 1.82) is 0 Å². The predicted molar refractivity (Wildman–Crippen MR) is 92.9 cm³/mol. The lowest BCUT2D eigenvalue weighted by Crippen LogP contribution is -2.43. The molecule has 1 saturated heterocycles. The second kappa shape index (κ2) is 7.77. The number of nitrogens with one attached hydrogen (secondary N) is 1. The zero-order valence-electron chi connectivity index (χ0n) is 14.2. The molecule has 0 bridgehead atoms. The average molecular weight is 329 g/mol. The third-order valence-electron chi connectivity index (χ3n) is 4.29. The quantitative estimate of drug-likeness (QED) is 0.897. The van der Waals surface area contributed by atoms with Gasteiger partial charge in [-0.3, -0.25) is 0 Å². The van der Waals surface area contributed by atoms with E-state index in [4.69, 9.17) is 9.47 Å². The largest absolute Gasteiger partial charge is 0.480 e. The lowest BCUT2D eigenvalue weighted by molar-refractivity contribution is -0.0445. The van der Waals surface area contributed by atoms with Gasteiger partial charge in [-0.15, -0.1) is 0 Å². The molecule has 0 aromatic heterocycles. The number of halogens is 1. The first-order chi connectivity index (χ1) is 11.7. The number of hydrogen-bond acceptors (Lipinski definition) is 3. The van der Waals surface area contributed by atoms with Gasteiger partial charge in [-0.05, 0) is 23.1 Å². The summed E-state index contributed by atoms with van der Waals surface area (Å²) in [6, 6.07) is 15.0. The lowest BCUT2D eigenvalue weighted by Gasteiger charge is -2.32. The van der Waals surface area contributed by atoms with Crippen molar-refractivity contribution in [1.82, 2.24) is 5.32 Å². The third-order valence-corrected chi connectivity index (χ3v) is 4.29. The Hall–Kier alpha value is -1.91. The van der Waals surface area contributed by atoms with E-state index in [0.717, 1.165) is 17.7 Å². The van der Waals surface area contributed by atoms with Crippen LogP contribution in [-0.2, 0) is 4.74 Å². The molecule has 128 valence electrons. The number of benzene rings is 2. The standard InChI is InChI=1S/C20H24FNO2/c1-14(2)16-9-6-10-17(21)20(16)24-19(15-7-4-3-5-8-15)18-13-22-11-12-23-18/h3-10,14,18-19,22H,11-13H2,1-2H3. The minimum absolute atomic E-state index is 0.152. The Balaban J connectivity index is 1.95. The van der Waals surface area contributed by atoms with E-state index in [1.807, 2.05) is 50.2 Å². The van der Waals surface area contributed by atoms with Crippen LogP contribution in [0.3, 0.4) is 0 Å². The molecule has 1 aliphatic heterocycles. The molecule has 24 heavy (non-hydrogen) atoms. The van der Waals surface area contributed by atoms with E-state index in [1.165, 1.54) is 6.07 Å². The molecule has 2 aromatic rings. The topological polar surface area (TPSA) is 30.5 Å². The molecule has 1 N–H and O–H groups in total. The summed E-state index contributed by atoms with van der Waals surface area (Å²) in [6.45, 7) is 6.22. The van der Waals surface area contributed by atoms with Crippen LogP contribution in [0.15, 0.2) is 48.5 Å². The molecule has 0 amide bonds. The van der Waals surface area contributed by atoms with Crippen molar-refractivity contribution in [2.45, 2.75) is 32.0 Å². The van der Waals surface area contributed by atoms with Crippen molar-refractivity contribution in [2.24, 2.45) is 0 Å². The molecule has 0 radical (unpaired) electrons. The number of hydrogen-bond donors (Lipinski definition) is 1. The smallest absolute Gasteiger partial charge is 0.165 e. The molecule has 3 nitrogen and oxygen atoms in total. The van der Waals surface area contributed by atoms with Crippen LogP contribution in [-0.4, -0.2) is 25.8 Å². The molecular weight excluding hydrogens is 305 g/mol. The van der Waals surface area contributed by atoms with Gasteiger partial charge in [-0.25, -0.2) is 4.39 Å². The summed E-state index contributed by atoms with van der Waals surface area (Å²) >= 11 is 0. The van der Waals surface area contributed by atoms with Crippen LogP contribution in [0.5, 0.6) is 5.75 Å². The van der Waals surface area contributed by atoms with E-state index in [0.29, 0.717) is 18.9 Å². The summed E-state index contributed by atoms with van der Waals surface area (Å²) in [7, 11) is 0. The van der Waals surface area contributed by atoms with Crippen LogP contribution in [0.1, 0.15) is 37.0 Å². The fraction of sp³-hybridized carbons (Fsp3) is 0.400. The molecule has 0 spiro atoms. The fourth-order valence-electron chi connectivity index (χ4n) is 3.01. The van der Waals surface area contributed by atoms with Gasteiger partial charge in [-0.2, -0.15) is 0 Å². The predicted octanol–water partition coefficient (Wildman–Crippen LogP) is 4.06. The van der Waals surface area contributed by atoms with Crippen LogP contribution in [0, 0.1) is 5.82 Å². The average Bonchev–Trinajstić information content (AvgIpc) is 2.62. The molecular formula is C20H24FNO2. The molecule has 2 aromatic carbocycles. The summed E-state index contributed by atoms with van der Waals surface area (Å²) in [5, 5.41) is 3.32. The maximum atomic E-state index is 14.5. The van der Waals surface area contributed by atoms with Gasteiger partial charge < -0.3 is 14.8 Å². The maximum absolute atomic E-state index is 14.5. The number of ether oxygens (including phenoxy) is 2. The van der Waals surface area contributed by atoms with Crippen LogP contribution in [0.25, 0.3) is 0 Å². The highest BCUT2D eigenvalue weighted by Gasteiger charge is 2.29. The number of para-hydroxylation sites is 1. The van der Waals surface area contributed by atoms with Gasteiger partial charge in [0.2, 0.25) is 0 Å². The maximum Gasteiger partial charge on any atom is 0.165 e. The minimum Gasteiger partial charge on any atom is -0.480 e. The first kappa shape index (κ1) is 16.9. The third kappa shape index (κ3) is 3.77. The molecule has 2 atom stereocenters. The molecule has 2 unspecified atom stereocenters. The Morgan fingerprint density at radius 1 is 1.12 bits per heavy atom. The molecule has 1 heterocycles. The van der Waals surface area contributed by atoms with E-state index in [2.05, 4.69) is 5.32 Å². The van der Waals surface area contributed by atoms with Gasteiger partial charge in [0.15, 0.2) is 17.7 Å². The van der Waals surface area contributed by atoms with Crippen molar-refractivity contribution in [3.63, 3.8) is 0 Å². The van der Waals surface area contributed by atoms with E-state index >= 15 is 0 Å². The van der Waals surface area contributed by atoms with Crippen molar-refractivity contribution >= 4 is 0 Å². The molecule has 0 saturated carbocycles. The van der Waals surface area contributed by atoms with Gasteiger partial charge >= 0.3 is 0 Å². The van der Waals surface area contributed by atoms with Gasteiger partial charge in [0, 0.05) is 13.1 Å². The number of morpholine rings is 1. The minimum atomic E-state index is -0.353.